The van der Waals surface area contributed by atoms with Crippen LogP contribution in [0.2, 0.25) is 0 Å². The average Bonchev–Trinajstić information content (AvgIpc) is 1.40. The number of likely N-dealkylation sites (tertiary alicyclic amines) is 4. The average molecular weight is 1870 g/mol. The lowest BCUT2D eigenvalue weighted by molar-refractivity contribution is -0.141. The second-order valence-electron chi connectivity index (χ2n) is 38.3. The van der Waals surface area contributed by atoms with Gasteiger partial charge < -0.3 is 104 Å². The fourth-order valence-corrected chi connectivity index (χ4v) is 19.5. The third kappa shape index (κ3) is 21.3. The van der Waals surface area contributed by atoms with Crippen LogP contribution in [0.25, 0.3) is 88.4 Å². The van der Waals surface area contributed by atoms with E-state index in [1.807, 2.05) is 108 Å². The number of aromatic nitrogens is 8. The third-order valence-corrected chi connectivity index (χ3v) is 27.6. The molecule has 4 fully saturated rings. The molecular weight excluding hydrogens is 1740 g/mol. The van der Waals surface area contributed by atoms with Gasteiger partial charge in [0.25, 0.3) is 0 Å². The molecule has 16 rings (SSSR count). The van der Waals surface area contributed by atoms with Crippen LogP contribution in [-0.2, 0) is 65.5 Å². The number of methoxy groups -OCH3 is 6. The predicted molar refractivity (Wildman–Crippen MR) is 511 cm³/mol. The largest absolute Gasteiger partial charge is 0.488 e. The summed E-state index contributed by atoms with van der Waals surface area (Å²) in [5.41, 5.74) is 12.6. The summed E-state index contributed by atoms with van der Waals surface area (Å²) in [5, 5.41) is 23.3. The van der Waals surface area contributed by atoms with E-state index in [1.54, 1.807) is 26.0 Å². The number of carboxylic acids is 1. The van der Waals surface area contributed by atoms with Crippen molar-refractivity contribution in [1.82, 2.24) is 80.7 Å². The molecule has 0 aliphatic carbocycles. The first-order valence-electron chi connectivity index (χ1n) is 47.2. The number of rotatable bonds is 26. The number of hydrogen-bond donors (Lipinski definition) is 9. The lowest BCUT2D eigenvalue weighted by Gasteiger charge is -2.30. The van der Waals surface area contributed by atoms with Crippen LogP contribution in [0.3, 0.4) is 0 Å². The van der Waals surface area contributed by atoms with Crippen molar-refractivity contribution >= 4 is 97.8 Å². The summed E-state index contributed by atoms with van der Waals surface area (Å²) in [6, 6.07) is 25.2. The van der Waals surface area contributed by atoms with Gasteiger partial charge in [0.15, 0.2) is 0 Å². The minimum Gasteiger partial charge on any atom is -0.488 e. The molecule has 10 aromatic rings. The molecule has 9 N–H and O–H groups in total. The Balaban J connectivity index is 0.000000193. The lowest BCUT2D eigenvalue weighted by atomic mass is 9.92. The number of nitrogens with zero attached hydrogens (tertiary/aromatic N) is 8. The standard InChI is InChI=1S/C48H60N8O8.C45H55N7O7.C8H15NO4/c1-9-26(4)40(53-47(59)62-7)45(57)55-21-25(3)15-37(55)43-49-20-36(51-43)30-11-13-32-31(17-30)24-64-39-19-33-29(18-34(32)39)12-14-35-42(33)52-44(50-35)38-16-28(23-61-6)22-56(38)46(58)41(27(5)10-2)54-48(60)63-8;1-9-25(3)38(50-43(54)57-8)42(53)51-20-24(2)14-35(51)40-46-19-34(48-40)28-10-12-30-29(16-28)23-58-37-18-31-27(17-32(30)37)11-13-33-39(31)49-41(47-33)36-15-26(22-56-7)21-52(36)44(55)59-45(4,5)6;1-4-5(2)6(7(10)11)9-8(12)13-3/h11-14,17-20,25-28,37-38,40-41H,9-10,15-16,21-24H2,1-8H3,(H,49,51)(H,50,52)(H,53,59)(H,54,60);10-13,16-19,24-26,35-36,38H,9,14-15,20-23H2,1-8H3,(H,46,48)(H,47,49)(H,50,54);5-6H,4H2,1-3H3,(H,9,12)(H,10,11)/t25-,26?,27?,28-,37?,38-,40-,41-;24-,25?,26-,35?,36-,38-;5-,6-/m000/s1. The topological polar surface area (TPSA) is 433 Å². The quantitative estimate of drug-likeness (QED) is 0.0227. The van der Waals surface area contributed by atoms with Crippen LogP contribution in [0.15, 0.2) is 97.3 Å². The van der Waals surface area contributed by atoms with E-state index in [2.05, 4.69) is 133 Å². The molecule has 0 bridgehead atoms. The zero-order valence-corrected chi connectivity index (χ0v) is 81.2. The van der Waals surface area contributed by atoms with Crippen LogP contribution in [0.4, 0.5) is 24.0 Å². The highest BCUT2D eigenvalue weighted by atomic mass is 16.6. The van der Waals surface area contributed by atoms with Crippen LogP contribution in [0.5, 0.6) is 11.5 Å². The normalized spacial score (nSPS) is 20.5. The second kappa shape index (κ2) is 42.5. The number of amides is 8. The summed E-state index contributed by atoms with van der Waals surface area (Å²) in [6.45, 7) is 29.3. The number of nitrogens with one attached hydrogen (secondary N) is 8. The number of carbonyl (C=O) groups excluding carboxylic acids is 8. The number of ether oxygens (including phenoxy) is 9. The van der Waals surface area contributed by atoms with Gasteiger partial charge in [0.05, 0.1) is 112 Å². The van der Waals surface area contributed by atoms with Crippen molar-refractivity contribution in [3.63, 3.8) is 0 Å². The van der Waals surface area contributed by atoms with Crippen molar-refractivity contribution in [3.05, 3.63) is 132 Å². The molecule has 5 unspecified atom stereocenters. The fourth-order valence-electron chi connectivity index (χ4n) is 19.5. The van der Waals surface area contributed by atoms with E-state index in [4.69, 9.17) is 62.9 Å². The molecule has 728 valence electrons. The van der Waals surface area contributed by atoms with Crippen LogP contribution < -0.4 is 30.7 Å². The highest BCUT2D eigenvalue weighted by Gasteiger charge is 2.47. The fraction of sp³-hybridized carbons (Fsp3) is 0.515. The van der Waals surface area contributed by atoms with E-state index < -0.39 is 60.1 Å². The Labute approximate surface area is 791 Å². The van der Waals surface area contributed by atoms with Gasteiger partial charge in [-0.1, -0.05) is 131 Å². The molecule has 6 aliphatic rings. The second-order valence-corrected chi connectivity index (χ2v) is 38.3. The molecule has 35 nitrogen and oxygen atoms in total. The van der Waals surface area contributed by atoms with E-state index in [1.165, 1.54) is 28.4 Å². The number of hydrogen-bond acceptors (Lipinski definition) is 22. The monoisotopic (exact) mass is 1870 g/mol. The first-order chi connectivity index (χ1) is 65.1. The van der Waals surface area contributed by atoms with Crippen molar-refractivity contribution in [1.29, 1.82) is 0 Å². The number of benzene rings is 6. The molecule has 8 amide bonds. The van der Waals surface area contributed by atoms with Gasteiger partial charge in [0, 0.05) is 74.1 Å². The zero-order valence-electron chi connectivity index (χ0n) is 81.2. The van der Waals surface area contributed by atoms with Gasteiger partial charge in [-0.15, -0.1) is 0 Å². The van der Waals surface area contributed by atoms with E-state index >= 15 is 0 Å². The molecule has 35 heteroatoms. The van der Waals surface area contributed by atoms with Crippen molar-refractivity contribution in [2.45, 2.75) is 209 Å². The van der Waals surface area contributed by atoms with Gasteiger partial charge in [-0.3, -0.25) is 19.3 Å². The minimum atomic E-state index is -1.04. The summed E-state index contributed by atoms with van der Waals surface area (Å²) >= 11 is 0. The van der Waals surface area contributed by atoms with E-state index in [9.17, 15) is 43.2 Å². The molecule has 6 aliphatic heterocycles. The van der Waals surface area contributed by atoms with Crippen LogP contribution in [-0.4, -0.2) is 231 Å². The maximum absolute atomic E-state index is 14.2. The molecule has 16 atom stereocenters. The van der Waals surface area contributed by atoms with Crippen LogP contribution in [0.1, 0.15) is 200 Å². The number of fused-ring (bicyclic) bond motifs is 12. The molecular formula is C101H130N16O19. The number of imidazole rings is 4. The van der Waals surface area contributed by atoms with Crippen molar-refractivity contribution in [2.75, 3.05) is 82.1 Å². The molecule has 0 radical (unpaired) electrons. The Morgan fingerprint density at radius 1 is 0.449 bits per heavy atom. The Morgan fingerprint density at radius 3 is 1.18 bits per heavy atom. The number of aromatic amines is 4. The van der Waals surface area contributed by atoms with Crippen LogP contribution in [0, 0.1) is 47.3 Å². The summed E-state index contributed by atoms with van der Waals surface area (Å²) in [4.78, 5) is 155. The molecule has 6 aromatic carbocycles. The zero-order chi connectivity index (χ0) is 97.6. The van der Waals surface area contributed by atoms with Crippen molar-refractivity contribution in [3.8, 4) is 56.3 Å². The van der Waals surface area contributed by atoms with Crippen molar-refractivity contribution < 1.29 is 90.9 Å². The molecule has 4 aromatic heterocycles. The maximum Gasteiger partial charge on any atom is 0.410 e. The first kappa shape index (κ1) is 98.9. The van der Waals surface area contributed by atoms with Gasteiger partial charge in [-0.25, -0.2) is 48.7 Å². The Bertz CT molecular complexity index is 6060. The van der Waals surface area contributed by atoms with E-state index in [0.717, 1.165) is 155 Å². The number of alkyl carbamates (subject to hydrolysis) is 4. The summed E-state index contributed by atoms with van der Waals surface area (Å²) in [7, 11) is 8.45. The van der Waals surface area contributed by atoms with E-state index in [-0.39, 0.29) is 95.3 Å². The SMILES string of the molecule is CCC(C)[C@H](NC(=O)OC)C(=O)N1C[C@@H](C)CC1c1ncc(-c2ccc3c(c2)COc2cc4c(ccc5[nH]c([C@@H]6C[C@H](COC)CN6C(=O)OC(C)(C)C)nc54)cc2-3)[nH]1.CCC(C)[C@H](NC(=O)OC)C(=O)N1C[C@@H](C)CC1c1ncc(-c2ccc3c(c2)COc2cc4c(ccc5[nH]c([C@@H]6C[C@H](COC)CN6C(=O)[C@@H](NC(=O)OC)C(C)CC)nc54)cc2-3)[nH]1.CC[C@H](C)[C@H](NC(=O)OC)C(=O)O. The summed E-state index contributed by atoms with van der Waals surface area (Å²) < 4.78 is 48.6. The Hall–Kier alpha value is -13.1. The smallest absolute Gasteiger partial charge is 0.410 e. The highest BCUT2D eigenvalue weighted by Crippen LogP contribution is 2.48. The van der Waals surface area contributed by atoms with E-state index in [0.29, 0.717) is 83.5 Å². The lowest BCUT2D eigenvalue weighted by Crippen LogP contribution is -2.51. The van der Waals surface area contributed by atoms with Gasteiger partial charge in [-0.2, -0.15) is 0 Å². The summed E-state index contributed by atoms with van der Waals surface area (Å²) in [5.74, 6) is 3.32. The number of H-pyrrole nitrogens is 4. The van der Waals surface area contributed by atoms with Crippen LogP contribution >= 0.6 is 0 Å². The third-order valence-electron chi connectivity index (χ3n) is 27.6. The highest BCUT2D eigenvalue weighted by molar-refractivity contribution is 6.08. The number of carbonyl (C=O) groups is 9. The predicted octanol–water partition coefficient (Wildman–Crippen LogP) is 16.8. The van der Waals surface area contributed by atoms with Gasteiger partial charge in [0.1, 0.15) is 77.8 Å². The van der Waals surface area contributed by atoms with Gasteiger partial charge >= 0.3 is 36.4 Å². The minimum absolute atomic E-state index is 0.0690. The molecule has 0 spiro atoms. The van der Waals surface area contributed by atoms with Crippen molar-refractivity contribution in [2.24, 2.45) is 47.3 Å². The summed E-state index contributed by atoms with van der Waals surface area (Å²) in [6.07, 6.45) is 6.41. The molecule has 4 saturated heterocycles. The Morgan fingerprint density at radius 2 is 0.809 bits per heavy atom. The van der Waals surface area contributed by atoms with Gasteiger partial charge in [-0.05, 0) is 175 Å². The molecule has 10 heterocycles. The maximum atomic E-state index is 14.2. The van der Waals surface area contributed by atoms with Gasteiger partial charge in [0.2, 0.25) is 17.7 Å². The number of aliphatic carboxylic acids is 1. The number of carboxylic acid groups (broad SMARTS) is 1. The molecule has 0 saturated carbocycles. The first-order valence-corrected chi connectivity index (χ1v) is 47.2. The molecule has 136 heavy (non-hydrogen) atoms. The Kier molecular flexibility index (Phi) is 30.9.